The lowest BCUT2D eigenvalue weighted by Crippen LogP contribution is -2.38. The van der Waals surface area contributed by atoms with Gasteiger partial charge in [-0.2, -0.15) is 0 Å². The van der Waals surface area contributed by atoms with E-state index in [0.717, 1.165) is 4.47 Å². The van der Waals surface area contributed by atoms with E-state index in [9.17, 15) is 0 Å². The SMILES string of the molecule is Clc1c(Br)cccc1OC1COC1. The highest BCUT2D eigenvalue weighted by Crippen LogP contribution is 2.32. The highest BCUT2D eigenvalue weighted by Gasteiger charge is 2.21. The zero-order chi connectivity index (χ0) is 9.26. The second-order valence-corrected chi connectivity index (χ2v) is 4.06. The molecule has 0 unspecified atom stereocenters. The van der Waals surface area contributed by atoms with E-state index in [-0.39, 0.29) is 6.10 Å². The maximum absolute atomic E-state index is 6.01. The summed E-state index contributed by atoms with van der Waals surface area (Å²) in [5.74, 6) is 0.712. The molecule has 0 aromatic heterocycles. The molecule has 0 radical (unpaired) electrons. The van der Waals surface area contributed by atoms with Gasteiger partial charge in [0.25, 0.3) is 0 Å². The molecule has 0 aliphatic carbocycles. The van der Waals surface area contributed by atoms with Gasteiger partial charge < -0.3 is 9.47 Å². The standard InChI is InChI=1S/C9H8BrClO2/c10-7-2-1-3-8(9(7)11)13-6-4-12-5-6/h1-3,6H,4-5H2. The largest absolute Gasteiger partial charge is 0.484 e. The molecule has 2 nitrogen and oxygen atoms in total. The third-order valence-electron chi connectivity index (χ3n) is 1.82. The smallest absolute Gasteiger partial charge is 0.145 e. The fourth-order valence-corrected chi connectivity index (χ4v) is 1.56. The van der Waals surface area contributed by atoms with Gasteiger partial charge >= 0.3 is 0 Å². The van der Waals surface area contributed by atoms with Crippen molar-refractivity contribution in [3.05, 3.63) is 27.7 Å². The van der Waals surface area contributed by atoms with Crippen LogP contribution < -0.4 is 4.74 Å². The predicted octanol–water partition coefficient (Wildman–Crippen LogP) is 2.88. The van der Waals surface area contributed by atoms with E-state index < -0.39 is 0 Å². The quantitative estimate of drug-likeness (QED) is 0.817. The first-order valence-corrected chi connectivity index (χ1v) is 5.13. The maximum Gasteiger partial charge on any atom is 0.145 e. The Bertz CT molecular complexity index is 312. The van der Waals surface area contributed by atoms with Crippen molar-refractivity contribution >= 4 is 27.5 Å². The molecule has 1 saturated heterocycles. The number of hydrogen-bond acceptors (Lipinski definition) is 2. The maximum atomic E-state index is 6.01. The Balaban J connectivity index is 2.14. The molecule has 13 heavy (non-hydrogen) atoms. The van der Waals surface area contributed by atoms with Gasteiger partial charge in [-0.1, -0.05) is 17.7 Å². The van der Waals surface area contributed by atoms with Gasteiger partial charge in [-0.15, -0.1) is 0 Å². The Morgan fingerprint density at radius 2 is 2.23 bits per heavy atom. The monoisotopic (exact) mass is 262 g/mol. The summed E-state index contributed by atoms with van der Waals surface area (Å²) < 4.78 is 11.4. The van der Waals surface area contributed by atoms with Crippen LogP contribution >= 0.6 is 27.5 Å². The third kappa shape index (κ3) is 1.98. The first-order valence-electron chi connectivity index (χ1n) is 3.96. The fraction of sp³-hybridized carbons (Fsp3) is 0.333. The van der Waals surface area contributed by atoms with Crippen molar-refractivity contribution in [2.24, 2.45) is 0 Å². The van der Waals surface area contributed by atoms with Gasteiger partial charge in [-0.05, 0) is 28.1 Å². The van der Waals surface area contributed by atoms with Gasteiger partial charge in [0, 0.05) is 4.47 Å². The number of ether oxygens (including phenoxy) is 2. The summed E-state index contributed by atoms with van der Waals surface area (Å²) in [5.41, 5.74) is 0. The summed E-state index contributed by atoms with van der Waals surface area (Å²) in [7, 11) is 0. The lowest BCUT2D eigenvalue weighted by Gasteiger charge is -2.27. The average molecular weight is 264 g/mol. The van der Waals surface area contributed by atoms with E-state index in [4.69, 9.17) is 21.1 Å². The number of rotatable bonds is 2. The fourth-order valence-electron chi connectivity index (χ4n) is 1.04. The molecule has 1 fully saturated rings. The Morgan fingerprint density at radius 3 is 2.85 bits per heavy atom. The van der Waals surface area contributed by atoms with Gasteiger partial charge in [0.05, 0.1) is 18.2 Å². The first-order chi connectivity index (χ1) is 6.27. The van der Waals surface area contributed by atoms with Crippen molar-refractivity contribution in [2.75, 3.05) is 13.2 Å². The second-order valence-electron chi connectivity index (χ2n) is 2.83. The number of halogens is 2. The van der Waals surface area contributed by atoms with E-state index in [1.807, 2.05) is 18.2 Å². The minimum Gasteiger partial charge on any atom is -0.484 e. The van der Waals surface area contributed by atoms with Crippen LogP contribution in [0.15, 0.2) is 22.7 Å². The minimum absolute atomic E-state index is 0.159. The Kier molecular flexibility index (Phi) is 2.77. The molecule has 0 spiro atoms. The van der Waals surface area contributed by atoms with E-state index in [1.54, 1.807) is 0 Å². The molecule has 1 heterocycles. The third-order valence-corrected chi connectivity index (χ3v) is 3.10. The summed E-state index contributed by atoms with van der Waals surface area (Å²) in [4.78, 5) is 0. The van der Waals surface area contributed by atoms with Crippen molar-refractivity contribution in [1.29, 1.82) is 0 Å². The average Bonchev–Trinajstić information content (AvgIpc) is 2.04. The van der Waals surface area contributed by atoms with Gasteiger partial charge in [0.15, 0.2) is 0 Å². The molecule has 4 heteroatoms. The lowest BCUT2D eigenvalue weighted by atomic mass is 10.3. The molecule has 2 rings (SSSR count). The molecule has 0 N–H and O–H groups in total. The van der Waals surface area contributed by atoms with Crippen LogP contribution in [-0.4, -0.2) is 19.3 Å². The zero-order valence-electron chi connectivity index (χ0n) is 6.80. The molecule has 1 aromatic rings. The molecule has 0 saturated carbocycles. The molecule has 1 aromatic carbocycles. The van der Waals surface area contributed by atoms with Gasteiger partial charge in [-0.25, -0.2) is 0 Å². The van der Waals surface area contributed by atoms with Gasteiger partial charge in [0.2, 0.25) is 0 Å². The van der Waals surface area contributed by atoms with Crippen molar-refractivity contribution < 1.29 is 9.47 Å². The molecular formula is C9H8BrClO2. The van der Waals surface area contributed by atoms with Crippen LogP contribution in [0.4, 0.5) is 0 Å². The topological polar surface area (TPSA) is 18.5 Å². The number of hydrogen-bond donors (Lipinski definition) is 0. The Hall–Kier alpha value is -0.250. The molecule has 70 valence electrons. The lowest BCUT2D eigenvalue weighted by molar-refractivity contribution is -0.0796. The summed E-state index contributed by atoms with van der Waals surface area (Å²) >= 11 is 9.34. The second kappa shape index (κ2) is 3.86. The summed E-state index contributed by atoms with van der Waals surface area (Å²) in [5, 5.41) is 0.620. The van der Waals surface area contributed by atoms with Crippen LogP contribution in [0.5, 0.6) is 5.75 Å². The van der Waals surface area contributed by atoms with Crippen LogP contribution in [-0.2, 0) is 4.74 Å². The van der Waals surface area contributed by atoms with E-state index in [0.29, 0.717) is 24.0 Å². The van der Waals surface area contributed by atoms with E-state index in [1.165, 1.54) is 0 Å². The predicted molar refractivity (Wildman–Crippen MR) is 54.4 cm³/mol. The van der Waals surface area contributed by atoms with Crippen LogP contribution in [0.1, 0.15) is 0 Å². The highest BCUT2D eigenvalue weighted by atomic mass is 79.9. The number of benzene rings is 1. The van der Waals surface area contributed by atoms with Gasteiger partial charge in [0.1, 0.15) is 11.9 Å². The summed E-state index contributed by atoms with van der Waals surface area (Å²) in [6.45, 7) is 1.31. The van der Waals surface area contributed by atoms with Crippen molar-refractivity contribution in [2.45, 2.75) is 6.10 Å². The van der Waals surface area contributed by atoms with Crippen molar-refractivity contribution in [1.82, 2.24) is 0 Å². The Morgan fingerprint density at radius 1 is 1.46 bits per heavy atom. The zero-order valence-corrected chi connectivity index (χ0v) is 9.14. The molecule has 0 bridgehead atoms. The molecular weight excluding hydrogens is 255 g/mol. The first kappa shape index (κ1) is 9.31. The normalized spacial score (nSPS) is 16.8. The highest BCUT2D eigenvalue weighted by molar-refractivity contribution is 9.10. The van der Waals surface area contributed by atoms with Crippen molar-refractivity contribution in [3.63, 3.8) is 0 Å². The van der Waals surface area contributed by atoms with Crippen LogP contribution in [0, 0.1) is 0 Å². The van der Waals surface area contributed by atoms with Crippen LogP contribution in [0.2, 0.25) is 5.02 Å². The van der Waals surface area contributed by atoms with Crippen LogP contribution in [0.3, 0.4) is 0 Å². The Labute approximate surface area is 89.9 Å². The molecule has 0 atom stereocenters. The summed E-state index contributed by atoms with van der Waals surface area (Å²) in [6, 6.07) is 5.63. The summed E-state index contributed by atoms with van der Waals surface area (Å²) in [6.07, 6.45) is 0.159. The van der Waals surface area contributed by atoms with Gasteiger partial charge in [-0.3, -0.25) is 0 Å². The molecule has 0 amide bonds. The van der Waals surface area contributed by atoms with Crippen molar-refractivity contribution in [3.8, 4) is 5.75 Å². The van der Waals surface area contributed by atoms with E-state index >= 15 is 0 Å². The minimum atomic E-state index is 0.159. The van der Waals surface area contributed by atoms with E-state index in [2.05, 4.69) is 15.9 Å². The molecule has 1 aliphatic rings. The molecule has 1 aliphatic heterocycles. The van der Waals surface area contributed by atoms with Crippen LogP contribution in [0.25, 0.3) is 0 Å².